The molecule has 3 nitrogen and oxygen atoms in total. The van der Waals surface area contributed by atoms with Crippen LogP contribution in [-0.4, -0.2) is 23.9 Å². The van der Waals surface area contributed by atoms with Crippen molar-refractivity contribution in [1.29, 1.82) is 0 Å². The Morgan fingerprint density at radius 2 is 2.00 bits per heavy atom. The molecule has 1 aromatic carbocycles. The number of benzene rings is 1. The Kier molecular flexibility index (Phi) is 4.71. The molecule has 0 heterocycles. The number of aliphatic hydroxyl groups is 1. The third kappa shape index (κ3) is 3.15. The zero-order valence-corrected chi connectivity index (χ0v) is 13.0. The van der Waals surface area contributed by atoms with Gasteiger partial charge in [0.05, 0.1) is 12.7 Å². The average molecular weight is 277 g/mol. The lowest BCUT2D eigenvalue weighted by molar-refractivity contribution is -0.0754. The molecule has 0 saturated heterocycles. The van der Waals surface area contributed by atoms with Crippen LogP contribution in [0.5, 0.6) is 5.75 Å². The molecule has 112 valence electrons. The molecule has 0 spiro atoms. The number of hydrogen-bond donors (Lipinski definition) is 2. The molecule has 1 saturated carbocycles. The fourth-order valence-electron chi connectivity index (χ4n) is 2.66. The van der Waals surface area contributed by atoms with E-state index in [1.54, 1.807) is 0 Å². The predicted molar refractivity (Wildman–Crippen MR) is 82.0 cm³/mol. The molecule has 3 atom stereocenters. The van der Waals surface area contributed by atoms with Crippen molar-refractivity contribution >= 4 is 0 Å². The van der Waals surface area contributed by atoms with Crippen LogP contribution in [0, 0.1) is 5.41 Å². The number of aliphatic hydroxyl groups excluding tert-OH is 1. The van der Waals surface area contributed by atoms with Crippen molar-refractivity contribution in [3.8, 4) is 5.75 Å². The lowest BCUT2D eigenvalue weighted by atomic mass is 9.64. The molecule has 1 fully saturated rings. The van der Waals surface area contributed by atoms with Crippen LogP contribution in [0.1, 0.15) is 52.1 Å². The molecular formula is C17H27NO2. The van der Waals surface area contributed by atoms with Gasteiger partial charge in [0.2, 0.25) is 0 Å². The third-order valence-electron chi connectivity index (χ3n) is 4.52. The van der Waals surface area contributed by atoms with Gasteiger partial charge in [-0.1, -0.05) is 32.9 Å². The van der Waals surface area contributed by atoms with Gasteiger partial charge in [-0.3, -0.25) is 0 Å². The highest BCUT2D eigenvalue weighted by Crippen LogP contribution is 2.41. The number of hydrogen-bond acceptors (Lipinski definition) is 3. The van der Waals surface area contributed by atoms with Crippen molar-refractivity contribution in [3.63, 3.8) is 0 Å². The number of ether oxygens (including phenoxy) is 1. The summed E-state index contributed by atoms with van der Waals surface area (Å²) in [6, 6.07) is 8.96. The Hall–Kier alpha value is -1.06. The molecule has 0 aromatic heterocycles. The maximum Gasteiger partial charge on any atom is 0.119 e. The molecule has 2 N–H and O–H groups in total. The average Bonchev–Trinajstić information content (AvgIpc) is 2.45. The minimum atomic E-state index is -0.183. The summed E-state index contributed by atoms with van der Waals surface area (Å²) in [6.45, 7) is 9.28. The second kappa shape index (κ2) is 6.15. The van der Waals surface area contributed by atoms with Gasteiger partial charge in [-0.05, 0) is 37.5 Å². The van der Waals surface area contributed by atoms with Gasteiger partial charge in [0.1, 0.15) is 5.75 Å². The molecule has 1 aromatic rings. The minimum absolute atomic E-state index is 0.0293. The zero-order chi connectivity index (χ0) is 14.8. The van der Waals surface area contributed by atoms with Crippen LogP contribution in [0.15, 0.2) is 24.3 Å². The normalized spacial score (nSPS) is 25.9. The van der Waals surface area contributed by atoms with E-state index in [1.165, 1.54) is 5.56 Å². The van der Waals surface area contributed by atoms with E-state index in [0.717, 1.165) is 25.2 Å². The highest BCUT2D eigenvalue weighted by Gasteiger charge is 2.47. The van der Waals surface area contributed by atoms with Crippen molar-refractivity contribution in [2.24, 2.45) is 5.41 Å². The highest BCUT2D eigenvalue weighted by molar-refractivity contribution is 5.29. The van der Waals surface area contributed by atoms with E-state index in [2.05, 4.69) is 45.1 Å². The molecule has 2 rings (SSSR count). The Labute approximate surface area is 122 Å². The summed E-state index contributed by atoms with van der Waals surface area (Å²) in [5.41, 5.74) is 1.23. The van der Waals surface area contributed by atoms with Crippen molar-refractivity contribution < 1.29 is 9.84 Å². The Morgan fingerprint density at radius 1 is 1.35 bits per heavy atom. The molecule has 0 amide bonds. The molecule has 1 aliphatic carbocycles. The van der Waals surface area contributed by atoms with Gasteiger partial charge in [-0.2, -0.15) is 0 Å². The largest absolute Gasteiger partial charge is 0.494 e. The predicted octanol–water partition coefficient (Wildman–Crippen LogP) is 3.29. The second-order valence-corrected chi connectivity index (χ2v) is 6.43. The van der Waals surface area contributed by atoms with E-state index in [4.69, 9.17) is 4.74 Å². The van der Waals surface area contributed by atoms with Crippen LogP contribution < -0.4 is 10.1 Å². The highest BCUT2D eigenvalue weighted by atomic mass is 16.5. The van der Waals surface area contributed by atoms with Crippen LogP contribution in [0.3, 0.4) is 0 Å². The van der Waals surface area contributed by atoms with Crippen molar-refractivity contribution in [2.75, 3.05) is 6.61 Å². The standard InChI is InChI=1S/C17H27NO2/c1-5-10-20-14-8-6-13(7-9-14)12(2)18-15-11-16(19)17(15,3)4/h6-9,12,15-16,18-19H,5,10-11H2,1-4H3. The van der Waals surface area contributed by atoms with Gasteiger partial charge < -0.3 is 15.2 Å². The fourth-order valence-corrected chi connectivity index (χ4v) is 2.66. The van der Waals surface area contributed by atoms with E-state index in [-0.39, 0.29) is 17.6 Å². The van der Waals surface area contributed by atoms with Crippen LogP contribution in [-0.2, 0) is 0 Å². The van der Waals surface area contributed by atoms with E-state index < -0.39 is 0 Å². The fraction of sp³-hybridized carbons (Fsp3) is 0.647. The minimum Gasteiger partial charge on any atom is -0.494 e. The SMILES string of the molecule is CCCOc1ccc(C(C)NC2CC(O)C2(C)C)cc1. The summed E-state index contributed by atoms with van der Waals surface area (Å²) >= 11 is 0. The summed E-state index contributed by atoms with van der Waals surface area (Å²) < 4.78 is 5.60. The maximum atomic E-state index is 9.79. The second-order valence-electron chi connectivity index (χ2n) is 6.43. The number of rotatable bonds is 6. The molecule has 3 heteroatoms. The molecule has 1 aliphatic rings. The van der Waals surface area contributed by atoms with Gasteiger partial charge in [0.25, 0.3) is 0 Å². The topological polar surface area (TPSA) is 41.5 Å². The smallest absolute Gasteiger partial charge is 0.119 e. The summed E-state index contributed by atoms with van der Waals surface area (Å²) in [6.07, 6.45) is 1.69. The van der Waals surface area contributed by atoms with Crippen LogP contribution in [0.2, 0.25) is 0 Å². The quantitative estimate of drug-likeness (QED) is 0.838. The van der Waals surface area contributed by atoms with Gasteiger partial charge in [-0.25, -0.2) is 0 Å². The first-order chi connectivity index (χ1) is 9.45. The van der Waals surface area contributed by atoms with Crippen molar-refractivity contribution in [3.05, 3.63) is 29.8 Å². The van der Waals surface area contributed by atoms with E-state index in [9.17, 15) is 5.11 Å². The van der Waals surface area contributed by atoms with Gasteiger partial charge in [0, 0.05) is 17.5 Å². The Bertz CT molecular complexity index is 427. The molecule has 0 bridgehead atoms. The first-order valence-corrected chi connectivity index (χ1v) is 7.62. The summed E-state index contributed by atoms with van der Waals surface area (Å²) in [7, 11) is 0. The summed E-state index contributed by atoms with van der Waals surface area (Å²) in [5, 5.41) is 13.4. The molecule has 20 heavy (non-hydrogen) atoms. The summed E-state index contributed by atoms with van der Waals surface area (Å²) in [4.78, 5) is 0. The number of nitrogens with one attached hydrogen (secondary N) is 1. The first-order valence-electron chi connectivity index (χ1n) is 7.62. The summed E-state index contributed by atoms with van der Waals surface area (Å²) in [5.74, 6) is 0.933. The van der Waals surface area contributed by atoms with Crippen LogP contribution >= 0.6 is 0 Å². The van der Waals surface area contributed by atoms with E-state index in [0.29, 0.717) is 6.04 Å². The maximum absolute atomic E-state index is 9.79. The molecule has 3 unspecified atom stereocenters. The zero-order valence-electron chi connectivity index (χ0n) is 13.0. The monoisotopic (exact) mass is 277 g/mol. The van der Waals surface area contributed by atoms with Gasteiger partial charge >= 0.3 is 0 Å². The Morgan fingerprint density at radius 3 is 2.50 bits per heavy atom. The lowest BCUT2D eigenvalue weighted by Crippen LogP contribution is -2.60. The van der Waals surface area contributed by atoms with E-state index in [1.807, 2.05) is 12.1 Å². The van der Waals surface area contributed by atoms with Gasteiger partial charge in [0.15, 0.2) is 0 Å². The first kappa shape index (κ1) is 15.3. The molecule has 0 aliphatic heterocycles. The third-order valence-corrected chi connectivity index (χ3v) is 4.52. The van der Waals surface area contributed by atoms with Crippen LogP contribution in [0.4, 0.5) is 0 Å². The molecule has 0 radical (unpaired) electrons. The van der Waals surface area contributed by atoms with Crippen LogP contribution in [0.25, 0.3) is 0 Å². The van der Waals surface area contributed by atoms with E-state index >= 15 is 0 Å². The van der Waals surface area contributed by atoms with Gasteiger partial charge in [-0.15, -0.1) is 0 Å². The van der Waals surface area contributed by atoms with Crippen molar-refractivity contribution in [2.45, 2.75) is 58.7 Å². The van der Waals surface area contributed by atoms with Crippen molar-refractivity contribution in [1.82, 2.24) is 5.32 Å². The lowest BCUT2D eigenvalue weighted by Gasteiger charge is -2.50. The Balaban J connectivity index is 1.91. The molecular weight excluding hydrogens is 250 g/mol.